The number of Topliss-reactive ketones (excluding diaryl/α,β-unsaturated/α-hetero) is 1. The molecule has 2 saturated heterocycles. The zero-order chi connectivity index (χ0) is 16.9. The van der Waals surface area contributed by atoms with Crippen molar-refractivity contribution in [3.63, 3.8) is 0 Å². The molecule has 2 rings (SSSR count). The van der Waals surface area contributed by atoms with E-state index in [0.717, 1.165) is 4.90 Å². The fourth-order valence-electron chi connectivity index (χ4n) is 3.25. The van der Waals surface area contributed by atoms with E-state index in [9.17, 15) is 19.2 Å². The van der Waals surface area contributed by atoms with Crippen molar-refractivity contribution < 1.29 is 19.2 Å². The molecule has 2 heterocycles. The van der Waals surface area contributed by atoms with Crippen molar-refractivity contribution in [3.8, 4) is 0 Å². The Morgan fingerprint density at radius 3 is 2.27 bits per heavy atom. The van der Waals surface area contributed by atoms with E-state index in [2.05, 4.69) is 5.32 Å². The molecule has 2 aliphatic rings. The van der Waals surface area contributed by atoms with Gasteiger partial charge in [-0.3, -0.25) is 9.59 Å². The number of rotatable bonds is 4. The molecule has 8 heteroatoms. The molecule has 2 aliphatic heterocycles. The summed E-state index contributed by atoms with van der Waals surface area (Å²) in [7, 11) is 3.11. The van der Waals surface area contributed by atoms with Crippen LogP contribution in [0.1, 0.15) is 40.0 Å². The highest BCUT2D eigenvalue weighted by atomic mass is 16.2. The lowest BCUT2D eigenvalue weighted by molar-refractivity contribution is -0.137. The van der Waals surface area contributed by atoms with E-state index in [1.54, 1.807) is 27.9 Å². The molecule has 0 bridgehead atoms. The van der Waals surface area contributed by atoms with E-state index in [-0.39, 0.29) is 18.2 Å². The van der Waals surface area contributed by atoms with Crippen LogP contribution in [0.5, 0.6) is 0 Å². The maximum atomic E-state index is 12.5. The molecule has 2 atom stereocenters. The Morgan fingerprint density at radius 1 is 1.14 bits per heavy atom. The number of urea groups is 2. The minimum absolute atomic E-state index is 0.210. The van der Waals surface area contributed by atoms with Crippen molar-refractivity contribution in [2.45, 2.75) is 51.4 Å². The Balaban J connectivity index is 2.37. The van der Waals surface area contributed by atoms with Crippen LogP contribution < -0.4 is 5.32 Å². The highest BCUT2D eigenvalue weighted by molar-refractivity contribution is 6.07. The predicted octanol–water partition coefficient (Wildman–Crippen LogP) is 0.727. The lowest BCUT2D eigenvalue weighted by Crippen LogP contribution is -2.64. The molecular formula is C14H22N4O4. The number of ketones is 1. The topological polar surface area (TPSA) is 90.0 Å². The van der Waals surface area contributed by atoms with Crippen LogP contribution in [0.25, 0.3) is 0 Å². The summed E-state index contributed by atoms with van der Waals surface area (Å²) in [5.74, 6) is -0.796. The average Bonchev–Trinajstić information content (AvgIpc) is 2.68. The van der Waals surface area contributed by atoms with Crippen LogP contribution in [-0.2, 0) is 9.59 Å². The molecule has 0 aliphatic carbocycles. The van der Waals surface area contributed by atoms with Crippen LogP contribution in [0.4, 0.5) is 9.59 Å². The third-order valence-electron chi connectivity index (χ3n) is 4.94. The number of likely N-dealkylation sites (N-methyl/N-ethyl adjacent to an activating group) is 2. The molecule has 2 fully saturated rings. The molecule has 0 radical (unpaired) electrons. The van der Waals surface area contributed by atoms with Gasteiger partial charge in [-0.25, -0.2) is 14.5 Å². The van der Waals surface area contributed by atoms with Crippen molar-refractivity contribution in [1.29, 1.82) is 0 Å². The highest BCUT2D eigenvalue weighted by Gasteiger charge is 2.70. The van der Waals surface area contributed by atoms with Gasteiger partial charge in [-0.05, 0) is 20.3 Å². The SMILES string of the molecule is CCCC(=O)CC(=O)N1C(=O)N(C)[C@]2(C)N(C)C(=O)N[C@]12C. The summed E-state index contributed by atoms with van der Waals surface area (Å²) in [6.45, 7) is 5.18. The van der Waals surface area contributed by atoms with Gasteiger partial charge in [-0.1, -0.05) is 6.92 Å². The fourth-order valence-corrected chi connectivity index (χ4v) is 3.25. The number of imide groups is 1. The van der Waals surface area contributed by atoms with Crippen LogP contribution in [0.15, 0.2) is 0 Å². The van der Waals surface area contributed by atoms with Gasteiger partial charge in [0.1, 0.15) is 5.78 Å². The molecule has 122 valence electrons. The maximum Gasteiger partial charge on any atom is 0.330 e. The summed E-state index contributed by atoms with van der Waals surface area (Å²) in [6, 6.07) is -0.895. The summed E-state index contributed by atoms with van der Waals surface area (Å²) < 4.78 is 0. The molecule has 8 nitrogen and oxygen atoms in total. The van der Waals surface area contributed by atoms with E-state index in [0.29, 0.717) is 12.8 Å². The molecule has 0 aromatic heterocycles. The summed E-state index contributed by atoms with van der Waals surface area (Å²) in [5, 5.41) is 2.70. The van der Waals surface area contributed by atoms with Gasteiger partial charge in [0.15, 0.2) is 11.3 Å². The molecular weight excluding hydrogens is 288 g/mol. The summed E-state index contributed by atoms with van der Waals surface area (Å²) >= 11 is 0. The van der Waals surface area contributed by atoms with Gasteiger partial charge in [-0.15, -0.1) is 0 Å². The first kappa shape index (κ1) is 16.3. The monoisotopic (exact) mass is 310 g/mol. The average molecular weight is 310 g/mol. The number of nitrogens with zero attached hydrogens (tertiary/aromatic N) is 3. The van der Waals surface area contributed by atoms with E-state index in [1.165, 1.54) is 9.80 Å². The fraction of sp³-hybridized carbons (Fsp3) is 0.714. The van der Waals surface area contributed by atoms with E-state index >= 15 is 0 Å². The Bertz CT molecular complexity index is 563. The van der Waals surface area contributed by atoms with Crippen molar-refractivity contribution in [2.24, 2.45) is 0 Å². The molecule has 0 aromatic carbocycles. The Labute approximate surface area is 129 Å². The van der Waals surface area contributed by atoms with E-state index in [4.69, 9.17) is 0 Å². The third-order valence-corrected chi connectivity index (χ3v) is 4.94. The second kappa shape index (κ2) is 4.96. The Morgan fingerprint density at radius 2 is 1.73 bits per heavy atom. The second-order valence-corrected chi connectivity index (χ2v) is 6.12. The van der Waals surface area contributed by atoms with Crippen molar-refractivity contribution in [3.05, 3.63) is 0 Å². The van der Waals surface area contributed by atoms with Crippen LogP contribution >= 0.6 is 0 Å². The molecule has 1 N–H and O–H groups in total. The summed E-state index contributed by atoms with van der Waals surface area (Å²) in [6.07, 6.45) is 0.608. The number of carbonyl (C=O) groups is 4. The van der Waals surface area contributed by atoms with Gasteiger partial charge in [0.2, 0.25) is 5.91 Å². The highest BCUT2D eigenvalue weighted by Crippen LogP contribution is 2.44. The number of hydrogen-bond acceptors (Lipinski definition) is 4. The van der Waals surface area contributed by atoms with Crippen LogP contribution in [0.2, 0.25) is 0 Å². The van der Waals surface area contributed by atoms with Gasteiger partial charge in [0.25, 0.3) is 0 Å². The molecule has 0 unspecified atom stereocenters. The maximum absolute atomic E-state index is 12.5. The van der Waals surface area contributed by atoms with Crippen LogP contribution in [0, 0.1) is 0 Å². The van der Waals surface area contributed by atoms with Crippen LogP contribution in [-0.4, -0.2) is 63.9 Å². The van der Waals surface area contributed by atoms with Gasteiger partial charge in [-0.2, -0.15) is 0 Å². The zero-order valence-electron chi connectivity index (χ0n) is 13.6. The first-order chi connectivity index (χ1) is 10.1. The minimum Gasteiger partial charge on any atom is -0.311 e. The van der Waals surface area contributed by atoms with Crippen molar-refractivity contribution in [2.75, 3.05) is 14.1 Å². The molecule has 0 aromatic rings. The number of hydrogen-bond donors (Lipinski definition) is 1. The lowest BCUT2D eigenvalue weighted by atomic mass is 9.96. The standard InChI is InChI=1S/C14H22N4O4/c1-6-7-9(19)8-10(20)18-12(22)17(5)14(3)13(18,2)15-11(21)16(14)4/h6-8H2,1-5H3,(H,15,21)/t13-,14+/m1/s1. The lowest BCUT2D eigenvalue weighted by Gasteiger charge is -2.40. The second-order valence-electron chi connectivity index (χ2n) is 6.12. The van der Waals surface area contributed by atoms with Crippen molar-refractivity contribution >= 4 is 23.8 Å². The number of fused-ring (bicyclic) bond motifs is 1. The van der Waals surface area contributed by atoms with E-state index < -0.39 is 23.3 Å². The first-order valence-electron chi connectivity index (χ1n) is 7.29. The van der Waals surface area contributed by atoms with Gasteiger partial charge in [0.05, 0.1) is 6.42 Å². The zero-order valence-corrected chi connectivity index (χ0v) is 13.6. The largest absolute Gasteiger partial charge is 0.330 e. The number of nitrogens with one attached hydrogen (secondary N) is 1. The van der Waals surface area contributed by atoms with Gasteiger partial charge >= 0.3 is 12.1 Å². The Kier molecular flexibility index (Phi) is 3.67. The van der Waals surface area contributed by atoms with Crippen LogP contribution in [0.3, 0.4) is 0 Å². The normalized spacial score (nSPS) is 30.7. The number of amides is 5. The van der Waals surface area contributed by atoms with E-state index in [1.807, 2.05) is 6.92 Å². The first-order valence-corrected chi connectivity index (χ1v) is 7.29. The quantitative estimate of drug-likeness (QED) is 0.775. The third kappa shape index (κ3) is 1.82. The van der Waals surface area contributed by atoms with Crippen molar-refractivity contribution in [1.82, 2.24) is 20.0 Å². The predicted molar refractivity (Wildman–Crippen MR) is 77.6 cm³/mol. The molecule has 5 amide bonds. The molecule has 0 saturated carbocycles. The van der Waals surface area contributed by atoms with Gasteiger partial charge in [0, 0.05) is 20.5 Å². The molecule has 0 spiro atoms. The summed E-state index contributed by atoms with van der Waals surface area (Å²) in [5.41, 5.74) is -2.22. The smallest absolute Gasteiger partial charge is 0.311 e. The summed E-state index contributed by atoms with van der Waals surface area (Å²) in [4.78, 5) is 52.5. The Hall–Kier alpha value is -2.12. The van der Waals surface area contributed by atoms with Gasteiger partial charge < -0.3 is 15.1 Å². The minimum atomic E-state index is -1.21. The molecule has 22 heavy (non-hydrogen) atoms. The number of carbonyl (C=O) groups excluding carboxylic acids is 4.